The van der Waals surface area contributed by atoms with Crippen molar-refractivity contribution < 1.29 is 0 Å². The lowest BCUT2D eigenvalue weighted by molar-refractivity contribution is 0.282. The van der Waals surface area contributed by atoms with Gasteiger partial charge in [-0.1, -0.05) is 65.4 Å². The zero-order valence-corrected chi connectivity index (χ0v) is 18.4. The van der Waals surface area contributed by atoms with Crippen LogP contribution in [0.15, 0.2) is 23.3 Å². The molecule has 2 N–H and O–H groups in total. The summed E-state index contributed by atoms with van der Waals surface area (Å²) in [6.45, 7) is 20.3. The molecular weight excluding hydrogens is 322 g/mol. The van der Waals surface area contributed by atoms with Crippen molar-refractivity contribution >= 4 is 8.24 Å². The molecule has 0 radical (unpaired) electrons. The Morgan fingerprint density at radius 3 is 2.28 bits per heavy atom. The summed E-state index contributed by atoms with van der Waals surface area (Å²) in [6, 6.07) is 0. The van der Waals surface area contributed by atoms with Crippen molar-refractivity contribution in [2.75, 3.05) is 20.0 Å². The van der Waals surface area contributed by atoms with Gasteiger partial charge in [-0.25, -0.2) is 0 Å². The van der Waals surface area contributed by atoms with E-state index in [1.807, 2.05) is 0 Å². The van der Waals surface area contributed by atoms with Gasteiger partial charge >= 0.3 is 0 Å². The first-order valence-electron chi connectivity index (χ1n) is 10.3. The second-order valence-corrected chi connectivity index (χ2v) is 14.4. The fraction of sp³-hybridized carbons (Fsp3) is 0.810. The highest BCUT2D eigenvalue weighted by atomic mass is 28.3. The highest BCUT2D eigenvalue weighted by molar-refractivity contribution is 6.76. The summed E-state index contributed by atoms with van der Waals surface area (Å²) in [4.78, 5) is 0. The molecule has 4 atom stereocenters. The van der Waals surface area contributed by atoms with Gasteiger partial charge in [0, 0.05) is 20.0 Å². The highest BCUT2D eigenvalue weighted by Crippen LogP contribution is 2.57. The number of allylic oxidation sites excluding steroid dienone is 4. The van der Waals surface area contributed by atoms with Crippen LogP contribution in [0, 0.1) is 29.6 Å². The lowest BCUT2D eigenvalue weighted by Crippen LogP contribution is -2.63. The molecule has 3 nitrogen and oxygen atoms in total. The summed E-state index contributed by atoms with van der Waals surface area (Å²) in [5.41, 5.74) is 4.17. The van der Waals surface area contributed by atoms with Crippen LogP contribution in [0.1, 0.15) is 41.0 Å². The number of nitrogens with one attached hydrogen (secondary N) is 2. The maximum absolute atomic E-state index is 3.52. The van der Waals surface area contributed by atoms with Crippen molar-refractivity contribution in [3.05, 3.63) is 23.3 Å². The predicted molar refractivity (Wildman–Crippen MR) is 111 cm³/mol. The minimum absolute atomic E-state index is 0.634. The first kappa shape index (κ1) is 19.3. The molecule has 2 fully saturated rings. The SMILES string of the molecule is CC(C)C1=CC2C(C(C(C)C)=C1)[C@@H](C)CC2[Si](C)(C)N1CNCNC1. The summed E-state index contributed by atoms with van der Waals surface area (Å²) in [5.74, 6) is 3.63. The third kappa shape index (κ3) is 3.55. The van der Waals surface area contributed by atoms with Gasteiger partial charge in [0.2, 0.25) is 0 Å². The Morgan fingerprint density at radius 1 is 1.08 bits per heavy atom. The van der Waals surface area contributed by atoms with Crippen LogP contribution in [-0.2, 0) is 0 Å². The Balaban J connectivity index is 1.94. The fourth-order valence-electron chi connectivity index (χ4n) is 5.50. The highest BCUT2D eigenvalue weighted by Gasteiger charge is 2.52. The monoisotopic (exact) mass is 361 g/mol. The standard InChI is InChI=1S/C21H39N3Si/c1-14(2)17-9-18(15(3)4)21-16(5)8-20(19(21)10-17)25(6,7)24-12-22-11-23-13-24/h9-10,14-16,19-23H,8,11-13H2,1-7H3/t16-,19?,20?,21?/m0/s1. The minimum atomic E-state index is -1.51. The molecule has 3 unspecified atom stereocenters. The smallest absolute Gasteiger partial charge is 0.128 e. The van der Waals surface area contributed by atoms with E-state index >= 15 is 0 Å². The van der Waals surface area contributed by atoms with Crippen molar-refractivity contribution in [1.29, 1.82) is 0 Å². The quantitative estimate of drug-likeness (QED) is 0.728. The van der Waals surface area contributed by atoms with Crippen LogP contribution in [0.4, 0.5) is 0 Å². The Morgan fingerprint density at radius 2 is 1.72 bits per heavy atom. The molecule has 0 aromatic carbocycles. The van der Waals surface area contributed by atoms with Crippen molar-refractivity contribution in [3.8, 4) is 0 Å². The van der Waals surface area contributed by atoms with Crippen LogP contribution in [0.5, 0.6) is 0 Å². The molecule has 25 heavy (non-hydrogen) atoms. The average Bonchev–Trinajstić information content (AvgIpc) is 2.92. The summed E-state index contributed by atoms with van der Waals surface area (Å²) >= 11 is 0. The fourth-order valence-corrected chi connectivity index (χ4v) is 9.20. The zero-order chi connectivity index (χ0) is 18.4. The molecule has 3 aliphatic rings. The zero-order valence-electron chi connectivity index (χ0n) is 17.4. The van der Waals surface area contributed by atoms with Gasteiger partial charge in [0.1, 0.15) is 8.24 Å². The first-order valence-corrected chi connectivity index (χ1v) is 13.4. The Kier molecular flexibility index (Phi) is 5.65. The van der Waals surface area contributed by atoms with Crippen molar-refractivity contribution in [2.24, 2.45) is 29.6 Å². The number of hydrogen-bond donors (Lipinski definition) is 2. The van der Waals surface area contributed by atoms with Crippen LogP contribution in [0.2, 0.25) is 18.6 Å². The van der Waals surface area contributed by atoms with Crippen molar-refractivity contribution in [1.82, 2.24) is 15.2 Å². The van der Waals surface area contributed by atoms with Gasteiger partial charge in [-0.3, -0.25) is 15.2 Å². The lowest BCUT2D eigenvalue weighted by Gasteiger charge is -2.46. The first-order chi connectivity index (χ1) is 11.7. The van der Waals surface area contributed by atoms with Gasteiger partial charge in [0.05, 0.1) is 0 Å². The van der Waals surface area contributed by atoms with Gasteiger partial charge in [-0.05, 0) is 47.1 Å². The molecule has 4 heteroatoms. The number of hydrogen-bond acceptors (Lipinski definition) is 3. The van der Waals surface area contributed by atoms with Crippen LogP contribution in [0.25, 0.3) is 0 Å². The summed E-state index contributed by atoms with van der Waals surface area (Å²) in [5, 5.41) is 7.05. The average molecular weight is 362 g/mol. The van der Waals surface area contributed by atoms with Crippen LogP contribution in [-0.4, -0.2) is 32.8 Å². The molecule has 0 spiro atoms. The maximum Gasteiger partial charge on any atom is 0.128 e. The largest absolute Gasteiger partial charge is 0.299 e. The topological polar surface area (TPSA) is 27.3 Å². The number of rotatable bonds is 4. The Bertz CT molecular complexity index is 543. The van der Waals surface area contributed by atoms with E-state index in [0.29, 0.717) is 11.8 Å². The van der Waals surface area contributed by atoms with Gasteiger partial charge in [-0.2, -0.15) is 0 Å². The molecule has 0 aromatic rings. The molecular formula is C21H39N3Si. The third-order valence-electron chi connectivity index (χ3n) is 7.13. The van der Waals surface area contributed by atoms with E-state index in [-0.39, 0.29) is 0 Å². The van der Waals surface area contributed by atoms with Crippen LogP contribution < -0.4 is 10.6 Å². The van der Waals surface area contributed by atoms with Crippen LogP contribution in [0.3, 0.4) is 0 Å². The maximum atomic E-state index is 3.52. The van der Waals surface area contributed by atoms with E-state index in [0.717, 1.165) is 43.3 Å². The number of fused-ring (bicyclic) bond motifs is 1. The molecule has 0 bridgehead atoms. The molecule has 2 aliphatic carbocycles. The summed E-state index contributed by atoms with van der Waals surface area (Å²) in [7, 11) is -1.51. The third-order valence-corrected chi connectivity index (χ3v) is 11.5. The Hall–Kier alpha value is -0.423. The minimum Gasteiger partial charge on any atom is -0.299 e. The molecule has 142 valence electrons. The lowest BCUT2D eigenvalue weighted by atomic mass is 9.73. The second kappa shape index (κ2) is 7.30. The predicted octanol–water partition coefficient (Wildman–Crippen LogP) is 4.38. The van der Waals surface area contributed by atoms with Crippen molar-refractivity contribution in [3.63, 3.8) is 0 Å². The molecule has 1 heterocycles. The number of nitrogens with zero attached hydrogens (tertiary/aromatic N) is 1. The molecule has 1 aliphatic heterocycles. The van der Waals surface area contributed by atoms with Gasteiger partial charge in [-0.15, -0.1) is 0 Å². The molecule has 1 saturated heterocycles. The second-order valence-electron chi connectivity index (χ2n) is 9.73. The van der Waals surface area contributed by atoms with Gasteiger partial charge in [0.25, 0.3) is 0 Å². The van der Waals surface area contributed by atoms with E-state index in [2.05, 4.69) is 75.1 Å². The van der Waals surface area contributed by atoms with Gasteiger partial charge < -0.3 is 0 Å². The molecule has 0 aromatic heterocycles. The van der Waals surface area contributed by atoms with E-state index in [9.17, 15) is 0 Å². The molecule has 0 amide bonds. The normalized spacial score (nSPS) is 34.3. The Labute approximate surface area is 156 Å². The van der Waals surface area contributed by atoms with E-state index in [4.69, 9.17) is 0 Å². The summed E-state index contributed by atoms with van der Waals surface area (Å²) < 4.78 is 2.74. The van der Waals surface area contributed by atoms with Crippen molar-refractivity contribution in [2.45, 2.75) is 59.7 Å². The van der Waals surface area contributed by atoms with Crippen LogP contribution >= 0.6 is 0 Å². The molecule has 3 rings (SSSR count). The molecule has 1 saturated carbocycles. The van der Waals surface area contributed by atoms with E-state index in [1.165, 1.54) is 6.42 Å². The summed E-state index contributed by atoms with van der Waals surface area (Å²) in [6.07, 6.45) is 6.65. The van der Waals surface area contributed by atoms with Gasteiger partial charge in [0.15, 0.2) is 0 Å². The van der Waals surface area contributed by atoms with E-state index < -0.39 is 8.24 Å². The van der Waals surface area contributed by atoms with E-state index in [1.54, 1.807) is 11.1 Å².